The Morgan fingerprint density at radius 1 is 0.944 bits per heavy atom. The molecule has 18 heavy (non-hydrogen) atoms. The molecular weight excluding hydrogens is 273 g/mol. The number of hydrogen-bond donors (Lipinski definition) is 1. The Labute approximate surface area is 113 Å². The minimum Gasteiger partial charge on any atom is -0.454 e. The van der Waals surface area contributed by atoms with E-state index in [4.69, 9.17) is 27.9 Å². The summed E-state index contributed by atoms with van der Waals surface area (Å²) in [6, 6.07) is 9.96. The van der Waals surface area contributed by atoms with Gasteiger partial charge in [0.05, 0.1) is 11.3 Å². The molecule has 1 N–H and O–H groups in total. The summed E-state index contributed by atoms with van der Waals surface area (Å²) < 4.78 is 5.68. The van der Waals surface area contributed by atoms with Gasteiger partial charge in [0, 0.05) is 10.0 Å². The van der Waals surface area contributed by atoms with Crippen LogP contribution in [0, 0.1) is 0 Å². The fraction of sp³-hybridized carbons (Fsp3) is 0. The lowest BCUT2D eigenvalue weighted by Gasteiger charge is -2.07. The molecule has 0 saturated heterocycles. The van der Waals surface area contributed by atoms with Gasteiger partial charge in [-0.1, -0.05) is 23.2 Å². The van der Waals surface area contributed by atoms with Gasteiger partial charge in [0.1, 0.15) is 5.75 Å². The number of hydrogen-bond acceptors (Lipinski definition) is 2. The zero-order chi connectivity index (χ0) is 12.7. The van der Waals surface area contributed by atoms with Crippen molar-refractivity contribution in [2.45, 2.75) is 0 Å². The highest BCUT2D eigenvalue weighted by molar-refractivity contribution is 6.31. The lowest BCUT2D eigenvalue weighted by molar-refractivity contribution is 0.102. The van der Waals surface area contributed by atoms with E-state index in [0.717, 1.165) is 0 Å². The molecule has 1 aliphatic heterocycles. The van der Waals surface area contributed by atoms with Crippen molar-refractivity contribution in [3.8, 4) is 11.5 Å². The maximum absolute atomic E-state index is 12.0. The Morgan fingerprint density at radius 2 is 1.61 bits per heavy atom. The predicted molar refractivity (Wildman–Crippen MR) is 70.9 cm³/mol. The maximum Gasteiger partial charge on any atom is 0.259 e. The molecule has 0 bridgehead atoms. The Balaban J connectivity index is 2.16. The van der Waals surface area contributed by atoms with Crippen LogP contribution in [-0.4, -0.2) is 5.91 Å². The van der Waals surface area contributed by atoms with Crippen molar-refractivity contribution in [3.63, 3.8) is 0 Å². The summed E-state index contributed by atoms with van der Waals surface area (Å²) in [5.41, 5.74) is 0.939. The van der Waals surface area contributed by atoms with Crippen LogP contribution in [0.25, 0.3) is 0 Å². The third-order valence-corrected chi connectivity index (χ3v) is 3.07. The number of ether oxygens (including phenoxy) is 1. The number of fused-ring (bicyclic) bond motifs is 2. The van der Waals surface area contributed by atoms with Gasteiger partial charge in [0.15, 0.2) is 5.75 Å². The van der Waals surface area contributed by atoms with Crippen LogP contribution in [0.4, 0.5) is 5.69 Å². The van der Waals surface area contributed by atoms with Crippen LogP contribution in [0.3, 0.4) is 0 Å². The zero-order valence-electron chi connectivity index (χ0n) is 9.04. The van der Waals surface area contributed by atoms with Crippen LogP contribution in [0.2, 0.25) is 10.0 Å². The molecule has 2 aromatic rings. The molecule has 3 nitrogen and oxygen atoms in total. The van der Waals surface area contributed by atoms with Crippen molar-refractivity contribution in [3.05, 3.63) is 52.0 Å². The average Bonchev–Trinajstić information content (AvgIpc) is 2.46. The van der Waals surface area contributed by atoms with Crippen LogP contribution >= 0.6 is 23.2 Å². The number of benzene rings is 2. The van der Waals surface area contributed by atoms with Gasteiger partial charge in [-0.05, 0) is 36.4 Å². The minimum atomic E-state index is -0.270. The quantitative estimate of drug-likeness (QED) is 0.779. The summed E-state index contributed by atoms with van der Waals surface area (Å²) in [7, 11) is 0. The third-order valence-electron chi connectivity index (χ3n) is 2.60. The third kappa shape index (κ3) is 1.92. The lowest BCUT2D eigenvalue weighted by atomic mass is 10.2. The standard InChI is InChI=1S/C13H7Cl2NO2/c14-7-1-3-11-9(5-7)13(17)16-10-6-8(15)2-4-12(10)18-11/h1-6H,(H,16,17). The summed E-state index contributed by atoms with van der Waals surface area (Å²) in [6.45, 7) is 0. The van der Waals surface area contributed by atoms with E-state index in [-0.39, 0.29) is 5.91 Å². The molecule has 3 rings (SSSR count). The summed E-state index contributed by atoms with van der Waals surface area (Å²) in [4.78, 5) is 12.0. The summed E-state index contributed by atoms with van der Waals surface area (Å²) in [6.07, 6.45) is 0. The molecule has 1 heterocycles. The SMILES string of the molecule is O=C1Nc2cc(Cl)ccc2Oc2ccc(Cl)cc21. The second-order valence-electron chi connectivity index (χ2n) is 3.84. The number of halogens is 2. The van der Waals surface area contributed by atoms with Crippen LogP contribution < -0.4 is 10.1 Å². The monoisotopic (exact) mass is 279 g/mol. The molecule has 0 fully saturated rings. The molecule has 0 unspecified atom stereocenters. The second kappa shape index (κ2) is 4.19. The number of rotatable bonds is 0. The Kier molecular flexibility index (Phi) is 2.65. The first-order valence-electron chi connectivity index (χ1n) is 5.22. The fourth-order valence-electron chi connectivity index (χ4n) is 1.77. The van der Waals surface area contributed by atoms with Crippen molar-refractivity contribution in [1.29, 1.82) is 0 Å². The summed E-state index contributed by atoms with van der Waals surface area (Å²) >= 11 is 11.8. The Morgan fingerprint density at radius 3 is 2.39 bits per heavy atom. The lowest BCUT2D eigenvalue weighted by Crippen LogP contribution is -2.10. The van der Waals surface area contributed by atoms with Crippen molar-refractivity contribution in [2.75, 3.05) is 5.32 Å². The van der Waals surface area contributed by atoms with Crippen molar-refractivity contribution in [2.24, 2.45) is 0 Å². The number of anilines is 1. The van der Waals surface area contributed by atoms with E-state index >= 15 is 0 Å². The minimum absolute atomic E-state index is 0.270. The van der Waals surface area contributed by atoms with Gasteiger partial charge in [-0.3, -0.25) is 4.79 Å². The topological polar surface area (TPSA) is 38.3 Å². The van der Waals surface area contributed by atoms with Crippen LogP contribution in [-0.2, 0) is 0 Å². The molecule has 0 aromatic heterocycles. The number of amides is 1. The van der Waals surface area contributed by atoms with Crippen LogP contribution in [0.5, 0.6) is 11.5 Å². The Hall–Kier alpha value is -1.71. The normalized spacial score (nSPS) is 12.9. The Bertz CT molecular complexity index is 655. The molecule has 90 valence electrons. The highest BCUT2D eigenvalue weighted by Gasteiger charge is 2.21. The van der Waals surface area contributed by atoms with Crippen LogP contribution in [0.15, 0.2) is 36.4 Å². The highest BCUT2D eigenvalue weighted by atomic mass is 35.5. The first-order chi connectivity index (χ1) is 8.63. The smallest absolute Gasteiger partial charge is 0.259 e. The first kappa shape index (κ1) is 11.4. The predicted octanol–water partition coefficient (Wildman–Crippen LogP) is 4.35. The molecule has 1 aliphatic rings. The van der Waals surface area contributed by atoms with E-state index in [9.17, 15) is 4.79 Å². The highest BCUT2D eigenvalue weighted by Crippen LogP contribution is 2.37. The fourth-order valence-corrected chi connectivity index (χ4v) is 2.11. The van der Waals surface area contributed by atoms with Gasteiger partial charge in [-0.2, -0.15) is 0 Å². The van der Waals surface area contributed by atoms with Gasteiger partial charge in [0.25, 0.3) is 5.91 Å². The molecule has 0 aliphatic carbocycles. The van der Waals surface area contributed by atoms with Crippen molar-refractivity contribution in [1.82, 2.24) is 0 Å². The number of nitrogens with one attached hydrogen (secondary N) is 1. The van der Waals surface area contributed by atoms with E-state index in [1.807, 2.05) is 0 Å². The van der Waals surface area contributed by atoms with E-state index in [1.54, 1.807) is 36.4 Å². The molecule has 0 atom stereocenters. The first-order valence-corrected chi connectivity index (χ1v) is 5.97. The molecule has 1 amide bonds. The second-order valence-corrected chi connectivity index (χ2v) is 4.71. The van der Waals surface area contributed by atoms with Crippen LogP contribution in [0.1, 0.15) is 10.4 Å². The summed E-state index contributed by atoms with van der Waals surface area (Å²) in [5, 5.41) is 3.75. The molecular formula is C13H7Cl2NO2. The largest absolute Gasteiger partial charge is 0.454 e. The van der Waals surface area contributed by atoms with E-state index in [0.29, 0.717) is 32.8 Å². The molecule has 0 radical (unpaired) electrons. The van der Waals surface area contributed by atoms with Gasteiger partial charge < -0.3 is 10.1 Å². The van der Waals surface area contributed by atoms with E-state index in [1.165, 1.54) is 0 Å². The van der Waals surface area contributed by atoms with Gasteiger partial charge in [-0.25, -0.2) is 0 Å². The zero-order valence-corrected chi connectivity index (χ0v) is 10.5. The van der Waals surface area contributed by atoms with E-state index in [2.05, 4.69) is 5.32 Å². The molecule has 5 heteroatoms. The summed E-state index contributed by atoms with van der Waals surface area (Å²) in [5.74, 6) is 0.750. The van der Waals surface area contributed by atoms with Crippen molar-refractivity contribution >= 4 is 34.8 Å². The van der Waals surface area contributed by atoms with Gasteiger partial charge >= 0.3 is 0 Å². The van der Waals surface area contributed by atoms with E-state index < -0.39 is 0 Å². The average molecular weight is 280 g/mol. The molecule has 2 aromatic carbocycles. The van der Waals surface area contributed by atoms with Gasteiger partial charge in [-0.15, -0.1) is 0 Å². The maximum atomic E-state index is 12.0. The number of carbonyl (C=O) groups excluding carboxylic acids is 1. The molecule has 0 spiro atoms. The number of carbonyl (C=O) groups is 1. The molecule has 0 saturated carbocycles. The van der Waals surface area contributed by atoms with Gasteiger partial charge in [0.2, 0.25) is 0 Å². The van der Waals surface area contributed by atoms with Crippen molar-refractivity contribution < 1.29 is 9.53 Å².